The van der Waals surface area contributed by atoms with Gasteiger partial charge >= 0.3 is 0 Å². The molecule has 2 aromatic rings. The van der Waals surface area contributed by atoms with Crippen molar-refractivity contribution >= 4 is 10.0 Å². The number of piperazine rings is 1. The van der Waals surface area contributed by atoms with E-state index >= 15 is 0 Å². The molecule has 0 aliphatic carbocycles. The quantitative estimate of drug-likeness (QED) is 0.673. The van der Waals surface area contributed by atoms with E-state index in [0.717, 1.165) is 34.8 Å². The molecule has 1 aromatic carbocycles. The fraction of sp³-hybridized carbons (Fsp3) is 0.421. The van der Waals surface area contributed by atoms with Gasteiger partial charge in [-0.1, -0.05) is 17.3 Å². The second-order valence-electron chi connectivity index (χ2n) is 6.64. The first-order valence-electron chi connectivity index (χ1n) is 8.82. The van der Waals surface area contributed by atoms with Crippen molar-refractivity contribution in [1.82, 2.24) is 14.4 Å². The van der Waals surface area contributed by atoms with E-state index in [1.807, 2.05) is 30.3 Å². The molecule has 1 saturated heterocycles. The van der Waals surface area contributed by atoms with Crippen LogP contribution < -0.4 is 4.74 Å². The lowest BCUT2D eigenvalue weighted by Gasteiger charge is -2.32. The van der Waals surface area contributed by atoms with Crippen molar-refractivity contribution in [2.75, 3.05) is 39.5 Å². The Balaban J connectivity index is 1.71. The molecule has 146 valence electrons. The molecule has 0 amide bonds. The van der Waals surface area contributed by atoms with Gasteiger partial charge < -0.3 is 9.26 Å². The van der Waals surface area contributed by atoms with Crippen molar-refractivity contribution in [1.29, 1.82) is 0 Å². The SMILES string of the molecule is C=CCc1ccc(OC)c(-c2cc(CN3CCN(S(C)(=O)=O)CC3)on2)c1. The summed E-state index contributed by atoms with van der Waals surface area (Å²) < 4.78 is 35.7. The maximum atomic E-state index is 11.6. The monoisotopic (exact) mass is 391 g/mol. The molecule has 2 heterocycles. The van der Waals surface area contributed by atoms with Gasteiger partial charge in [-0.05, 0) is 24.1 Å². The number of nitrogens with zero attached hydrogens (tertiary/aromatic N) is 3. The van der Waals surface area contributed by atoms with Crippen LogP contribution in [0.3, 0.4) is 0 Å². The zero-order chi connectivity index (χ0) is 19.4. The number of hydrogen-bond donors (Lipinski definition) is 0. The van der Waals surface area contributed by atoms with E-state index in [0.29, 0.717) is 32.7 Å². The maximum Gasteiger partial charge on any atom is 0.211 e. The molecule has 1 aromatic heterocycles. The minimum absolute atomic E-state index is 0.497. The molecule has 0 saturated carbocycles. The van der Waals surface area contributed by atoms with Crippen molar-refractivity contribution in [3.63, 3.8) is 0 Å². The number of methoxy groups -OCH3 is 1. The lowest BCUT2D eigenvalue weighted by molar-refractivity contribution is 0.166. The van der Waals surface area contributed by atoms with E-state index in [-0.39, 0.29) is 0 Å². The summed E-state index contributed by atoms with van der Waals surface area (Å²) in [6.45, 7) is 6.71. The molecule has 1 fully saturated rings. The Kier molecular flexibility index (Phi) is 5.98. The lowest BCUT2D eigenvalue weighted by atomic mass is 10.0. The van der Waals surface area contributed by atoms with Gasteiger partial charge in [-0.3, -0.25) is 4.90 Å². The minimum Gasteiger partial charge on any atom is -0.496 e. The molecule has 0 unspecified atom stereocenters. The first kappa shape index (κ1) is 19.6. The lowest BCUT2D eigenvalue weighted by Crippen LogP contribution is -2.47. The average molecular weight is 391 g/mol. The molecule has 0 N–H and O–H groups in total. The third kappa shape index (κ3) is 4.77. The van der Waals surface area contributed by atoms with Crippen LogP contribution in [0.5, 0.6) is 5.75 Å². The van der Waals surface area contributed by atoms with Crippen molar-refractivity contribution < 1.29 is 17.7 Å². The van der Waals surface area contributed by atoms with Gasteiger partial charge in [0.05, 0.1) is 19.9 Å². The summed E-state index contributed by atoms with van der Waals surface area (Å²) in [5, 5.41) is 4.20. The van der Waals surface area contributed by atoms with Crippen LogP contribution in [0.4, 0.5) is 0 Å². The standard InChI is InChI=1S/C19H25N3O4S/c1-4-5-15-6-7-19(25-2)17(12-15)18-13-16(26-20-18)14-21-8-10-22(11-9-21)27(3,23)24/h4,6-7,12-13H,1,5,8-11,14H2,2-3H3. The van der Waals surface area contributed by atoms with E-state index < -0.39 is 10.0 Å². The Hall–Kier alpha value is -2.16. The van der Waals surface area contributed by atoms with Crippen LogP contribution in [0.25, 0.3) is 11.3 Å². The van der Waals surface area contributed by atoms with Crippen LogP contribution in [-0.4, -0.2) is 62.3 Å². The summed E-state index contributed by atoms with van der Waals surface area (Å²) in [6.07, 6.45) is 3.88. The molecule has 0 radical (unpaired) electrons. The first-order valence-corrected chi connectivity index (χ1v) is 10.7. The molecule has 0 atom stereocenters. The second kappa shape index (κ2) is 8.24. The number of sulfonamides is 1. The normalized spacial score (nSPS) is 16.4. The predicted molar refractivity (Wildman–Crippen MR) is 104 cm³/mol. The van der Waals surface area contributed by atoms with E-state index in [2.05, 4.69) is 16.6 Å². The number of aromatic nitrogens is 1. The third-order valence-electron chi connectivity index (χ3n) is 4.66. The highest BCUT2D eigenvalue weighted by Gasteiger charge is 2.24. The number of allylic oxidation sites excluding steroid dienone is 1. The van der Waals surface area contributed by atoms with Crippen LogP contribution in [0.1, 0.15) is 11.3 Å². The second-order valence-corrected chi connectivity index (χ2v) is 8.63. The molecular weight excluding hydrogens is 366 g/mol. The number of hydrogen-bond acceptors (Lipinski definition) is 6. The Labute approximate surface area is 160 Å². The van der Waals surface area contributed by atoms with Crippen LogP contribution in [0.2, 0.25) is 0 Å². The molecule has 8 heteroatoms. The van der Waals surface area contributed by atoms with Gasteiger partial charge in [0.2, 0.25) is 10.0 Å². The Morgan fingerprint density at radius 1 is 1.26 bits per heavy atom. The van der Waals surface area contributed by atoms with E-state index in [1.165, 1.54) is 10.6 Å². The van der Waals surface area contributed by atoms with Gasteiger partial charge in [-0.25, -0.2) is 8.42 Å². The summed E-state index contributed by atoms with van der Waals surface area (Å²) in [6, 6.07) is 7.88. The largest absolute Gasteiger partial charge is 0.496 e. The van der Waals surface area contributed by atoms with E-state index in [4.69, 9.17) is 9.26 Å². The Bertz CT molecular complexity index is 899. The molecule has 1 aliphatic rings. The topological polar surface area (TPSA) is 75.9 Å². The van der Waals surface area contributed by atoms with Crippen LogP contribution >= 0.6 is 0 Å². The summed E-state index contributed by atoms with van der Waals surface area (Å²) in [5.74, 6) is 1.48. The number of ether oxygens (including phenoxy) is 1. The van der Waals surface area contributed by atoms with Crippen molar-refractivity contribution in [3.05, 3.63) is 48.2 Å². The van der Waals surface area contributed by atoms with E-state index in [1.54, 1.807) is 7.11 Å². The molecule has 27 heavy (non-hydrogen) atoms. The Morgan fingerprint density at radius 3 is 2.63 bits per heavy atom. The maximum absolute atomic E-state index is 11.6. The first-order chi connectivity index (χ1) is 12.9. The van der Waals surface area contributed by atoms with Gasteiger partial charge in [-0.2, -0.15) is 4.31 Å². The molecule has 0 spiro atoms. The van der Waals surface area contributed by atoms with Crippen molar-refractivity contribution in [2.45, 2.75) is 13.0 Å². The zero-order valence-corrected chi connectivity index (χ0v) is 16.5. The number of rotatable bonds is 7. The molecule has 3 rings (SSSR count). The summed E-state index contributed by atoms with van der Waals surface area (Å²) in [5.41, 5.74) is 2.73. The minimum atomic E-state index is -3.12. The fourth-order valence-electron chi connectivity index (χ4n) is 3.20. The highest BCUT2D eigenvalue weighted by atomic mass is 32.2. The molecule has 7 nitrogen and oxygen atoms in total. The van der Waals surface area contributed by atoms with E-state index in [9.17, 15) is 8.42 Å². The van der Waals surface area contributed by atoms with Crippen LogP contribution in [-0.2, 0) is 23.0 Å². The summed E-state index contributed by atoms with van der Waals surface area (Å²) in [4.78, 5) is 2.16. The van der Waals surface area contributed by atoms with Gasteiger partial charge in [-0.15, -0.1) is 6.58 Å². The highest BCUT2D eigenvalue weighted by molar-refractivity contribution is 7.88. The van der Waals surface area contributed by atoms with Gasteiger partial charge in [0, 0.05) is 37.8 Å². The van der Waals surface area contributed by atoms with Gasteiger partial charge in [0.1, 0.15) is 11.4 Å². The smallest absolute Gasteiger partial charge is 0.211 e. The van der Waals surface area contributed by atoms with Gasteiger partial charge in [0.25, 0.3) is 0 Å². The Morgan fingerprint density at radius 2 is 2.00 bits per heavy atom. The van der Waals surface area contributed by atoms with Crippen LogP contribution in [0, 0.1) is 0 Å². The van der Waals surface area contributed by atoms with Crippen molar-refractivity contribution in [2.24, 2.45) is 0 Å². The predicted octanol–water partition coefficient (Wildman–Crippen LogP) is 2.16. The third-order valence-corrected chi connectivity index (χ3v) is 5.96. The number of benzene rings is 1. The molecule has 1 aliphatic heterocycles. The average Bonchev–Trinajstić information content (AvgIpc) is 3.10. The fourth-order valence-corrected chi connectivity index (χ4v) is 4.03. The van der Waals surface area contributed by atoms with Crippen LogP contribution in [0.15, 0.2) is 41.4 Å². The molecular formula is C19H25N3O4S. The van der Waals surface area contributed by atoms with Crippen molar-refractivity contribution in [3.8, 4) is 17.0 Å². The highest BCUT2D eigenvalue weighted by Crippen LogP contribution is 2.31. The zero-order valence-electron chi connectivity index (χ0n) is 15.7. The van der Waals surface area contributed by atoms with Gasteiger partial charge in [0.15, 0.2) is 5.76 Å². The molecule has 0 bridgehead atoms. The summed E-state index contributed by atoms with van der Waals surface area (Å²) >= 11 is 0. The summed E-state index contributed by atoms with van der Waals surface area (Å²) in [7, 11) is -1.49.